The molecule has 4 N–H and O–H groups in total. The Balaban J connectivity index is 2.85. The van der Waals surface area contributed by atoms with E-state index in [2.05, 4.69) is 31.5 Å². The van der Waals surface area contributed by atoms with Crippen molar-refractivity contribution >= 4 is 50.0 Å². The number of rotatable bonds is 5. The van der Waals surface area contributed by atoms with Crippen molar-refractivity contribution in [3.63, 3.8) is 0 Å². The molecule has 0 spiro atoms. The molecule has 1 aromatic carbocycles. The lowest BCUT2D eigenvalue weighted by Gasteiger charge is -2.15. The number of hydrogen-bond donors (Lipinski definition) is 3. The molecule has 27 heavy (non-hydrogen) atoms. The molecule has 1 atom stereocenters. The summed E-state index contributed by atoms with van der Waals surface area (Å²) in [5.74, 6) is -0.209. The second-order valence-corrected chi connectivity index (χ2v) is 7.77. The molecule has 0 aliphatic rings. The lowest BCUT2D eigenvalue weighted by atomic mass is 10.2. The molecular formula is C14H14BrClF3N5O2S. The van der Waals surface area contributed by atoms with Crippen molar-refractivity contribution in [1.29, 1.82) is 0 Å². The molecule has 13 heteroatoms. The van der Waals surface area contributed by atoms with Crippen molar-refractivity contribution in [2.75, 3.05) is 18.1 Å². The third-order valence-electron chi connectivity index (χ3n) is 3.38. The fourth-order valence-electron chi connectivity index (χ4n) is 2.31. The second kappa shape index (κ2) is 8.07. The van der Waals surface area contributed by atoms with Gasteiger partial charge in [-0.25, -0.2) is 4.68 Å². The summed E-state index contributed by atoms with van der Waals surface area (Å²) < 4.78 is 52.4. The van der Waals surface area contributed by atoms with E-state index in [0.29, 0.717) is 6.54 Å². The third-order valence-corrected chi connectivity index (χ3v) is 5.23. The predicted molar refractivity (Wildman–Crippen MR) is 100 cm³/mol. The lowest BCUT2D eigenvalue weighted by Crippen LogP contribution is -2.16. The highest BCUT2D eigenvalue weighted by molar-refractivity contribution is 9.10. The number of nitrogens with one attached hydrogen (secondary N) is 1. The van der Waals surface area contributed by atoms with Gasteiger partial charge in [0.05, 0.1) is 27.1 Å². The first-order valence-electron chi connectivity index (χ1n) is 7.27. The minimum Gasteiger partial charge on any atom is -0.409 e. The van der Waals surface area contributed by atoms with Crippen LogP contribution in [0.25, 0.3) is 5.69 Å². The van der Waals surface area contributed by atoms with E-state index in [1.807, 2.05) is 0 Å². The average molecular weight is 489 g/mol. The van der Waals surface area contributed by atoms with Crippen molar-refractivity contribution < 1.29 is 22.6 Å². The fraction of sp³-hybridized carbons (Fsp3) is 0.286. The summed E-state index contributed by atoms with van der Waals surface area (Å²) in [6, 6.07) is 1.61. The van der Waals surface area contributed by atoms with Crippen LogP contribution in [0.2, 0.25) is 5.02 Å². The zero-order valence-electron chi connectivity index (χ0n) is 13.9. The highest BCUT2D eigenvalue weighted by Crippen LogP contribution is 2.39. The summed E-state index contributed by atoms with van der Waals surface area (Å²) in [6.45, 7) is 2.13. The largest absolute Gasteiger partial charge is 0.416 e. The van der Waals surface area contributed by atoms with E-state index in [-0.39, 0.29) is 31.6 Å². The predicted octanol–water partition coefficient (Wildman–Crippen LogP) is 3.57. The van der Waals surface area contributed by atoms with Gasteiger partial charge in [0.25, 0.3) is 0 Å². The summed E-state index contributed by atoms with van der Waals surface area (Å²) in [5, 5.41) is 18.7. The van der Waals surface area contributed by atoms with Crippen molar-refractivity contribution in [2.24, 2.45) is 10.9 Å². The maximum Gasteiger partial charge on any atom is 0.416 e. The Bertz CT molecular complexity index is 909. The zero-order chi connectivity index (χ0) is 20.5. The number of oxime groups is 1. The van der Waals surface area contributed by atoms with Crippen LogP contribution in [0.4, 0.5) is 19.0 Å². The minimum absolute atomic E-state index is 0.00321. The Morgan fingerprint density at radius 3 is 2.59 bits per heavy atom. The van der Waals surface area contributed by atoms with Crippen molar-refractivity contribution in [2.45, 2.75) is 18.0 Å². The smallest absolute Gasteiger partial charge is 0.409 e. The Hall–Kier alpha value is -1.79. The number of aromatic nitrogens is 2. The summed E-state index contributed by atoms with van der Waals surface area (Å²) in [4.78, 5) is 0.120. The SMILES string of the molecule is CCNc1c(S(C)=O)c(/C(N)=N\O)nn1-c1c(Cl)cc(C(F)(F)F)cc1Br. The summed E-state index contributed by atoms with van der Waals surface area (Å²) in [7, 11) is -1.62. The van der Waals surface area contributed by atoms with Gasteiger partial charge in [-0.3, -0.25) is 4.21 Å². The molecule has 0 amide bonds. The zero-order valence-corrected chi connectivity index (χ0v) is 17.1. The topological polar surface area (TPSA) is 106 Å². The molecular weight excluding hydrogens is 475 g/mol. The maximum atomic E-state index is 13.0. The molecule has 0 saturated heterocycles. The van der Waals surface area contributed by atoms with Crippen LogP contribution in [-0.2, 0) is 17.0 Å². The normalized spacial score (nSPS) is 13.7. The third kappa shape index (κ3) is 4.22. The Morgan fingerprint density at radius 1 is 1.52 bits per heavy atom. The number of benzene rings is 1. The van der Waals surface area contributed by atoms with E-state index in [1.54, 1.807) is 6.92 Å². The Morgan fingerprint density at radius 2 is 2.15 bits per heavy atom. The van der Waals surface area contributed by atoms with E-state index in [0.717, 1.165) is 12.1 Å². The molecule has 2 rings (SSSR count). The molecule has 0 fully saturated rings. The van der Waals surface area contributed by atoms with Crippen LogP contribution in [0.1, 0.15) is 18.2 Å². The first kappa shape index (κ1) is 21.5. The minimum atomic E-state index is -4.59. The number of anilines is 1. The van der Waals surface area contributed by atoms with E-state index in [1.165, 1.54) is 10.9 Å². The van der Waals surface area contributed by atoms with Crippen LogP contribution in [-0.4, -0.2) is 37.8 Å². The van der Waals surface area contributed by atoms with Gasteiger partial charge in [0.2, 0.25) is 0 Å². The van der Waals surface area contributed by atoms with Crippen molar-refractivity contribution in [3.05, 3.63) is 32.9 Å². The molecule has 0 bridgehead atoms. The second-order valence-electron chi connectivity index (χ2n) is 5.19. The van der Waals surface area contributed by atoms with Gasteiger partial charge in [0.1, 0.15) is 16.4 Å². The number of halogens is 5. The van der Waals surface area contributed by atoms with Crippen molar-refractivity contribution in [1.82, 2.24) is 9.78 Å². The molecule has 1 aromatic heterocycles. The van der Waals surface area contributed by atoms with Crippen LogP contribution in [0.3, 0.4) is 0 Å². The number of alkyl halides is 3. The van der Waals surface area contributed by atoms with Crippen LogP contribution >= 0.6 is 27.5 Å². The molecule has 7 nitrogen and oxygen atoms in total. The molecule has 1 unspecified atom stereocenters. The lowest BCUT2D eigenvalue weighted by molar-refractivity contribution is -0.137. The number of nitrogens with zero attached hydrogens (tertiary/aromatic N) is 3. The van der Waals surface area contributed by atoms with E-state index >= 15 is 0 Å². The van der Waals surface area contributed by atoms with E-state index in [9.17, 15) is 17.4 Å². The molecule has 0 radical (unpaired) electrons. The standard InChI is InChI=1S/C14H14BrClF3N5O2S/c1-3-21-13-11(27(2)26)9(12(20)23-25)22-24(13)10-7(15)4-6(5-8(10)16)14(17,18)19/h4-5,21,25H,3H2,1-2H3,(H2,20,23). The maximum absolute atomic E-state index is 13.0. The van der Waals surface area contributed by atoms with Gasteiger partial charge in [-0.2, -0.15) is 18.3 Å². The van der Waals surface area contributed by atoms with Crippen molar-refractivity contribution in [3.8, 4) is 5.69 Å². The summed E-state index contributed by atoms with van der Waals surface area (Å²) in [5.41, 5.74) is 4.65. The Kier molecular flexibility index (Phi) is 6.43. The Labute approximate surface area is 167 Å². The van der Waals surface area contributed by atoms with Gasteiger partial charge >= 0.3 is 6.18 Å². The van der Waals surface area contributed by atoms with Gasteiger partial charge in [-0.05, 0) is 35.0 Å². The van der Waals surface area contributed by atoms with Gasteiger partial charge < -0.3 is 16.3 Å². The molecule has 0 saturated carbocycles. The van der Waals surface area contributed by atoms with Gasteiger partial charge in [-0.15, -0.1) is 0 Å². The van der Waals surface area contributed by atoms with E-state index < -0.39 is 28.4 Å². The quantitative estimate of drug-likeness (QED) is 0.258. The molecule has 148 valence electrons. The number of hydrogen-bond acceptors (Lipinski definition) is 5. The summed E-state index contributed by atoms with van der Waals surface area (Å²) >= 11 is 9.17. The molecule has 2 aromatic rings. The first-order valence-corrected chi connectivity index (χ1v) is 10.0. The fourth-order valence-corrected chi connectivity index (χ4v) is 4.20. The van der Waals surface area contributed by atoms with Crippen LogP contribution in [0, 0.1) is 0 Å². The summed E-state index contributed by atoms with van der Waals surface area (Å²) in [6.07, 6.45) is -3.23. The number of nitrogens with two attached hydrogens (primary N) is 1. The van der Waals surface area contributed by atoms with E-state index in [4.69, 9.17) is 22.5 Å². The monoisotopic (exact) mass is 487 g/mol. The highest BCUT2D eigenvalue weighted by atomic mass is 79.9. The average Bonchev–Trinajstić information content (AvgIpc) is 2.92. The van der Waals surface area contributed by atoms with Crippen LogP contribution < -0.4 is 11.1 Å². The van der Waals surface area contributed by atoms with Crippen LogP contribution in [0.5, 0.6) is 0 Å². The van der Waals surface area contributed by atoms with Gasteiger partial charge in [0, 0.05) is 17.3 Å². The van der Waals surface area contributed by atoms with Gasteiger partial charge in [0.15, 0.2) is 5.84 Å². The molecule has 0 aliphatic heterocycles. The van der Waals surface area contributed by atoms with Gasteiger partial charge in [-0.1, -0.05) is 16.8 Å². The molecule has 0 aliphatic carbocycles. The number of amidine groups is 1. The first-order chi connectivity index (χ1) is 12.5. The van der Waals surface area contributed by atoms with Crippen LogP contribution in [0.15, 0.2) is 26.7 Å². The molecule has 1 heterocycles. The highest BCUT2D eigenvalue weighted by Gasteiger charge is 2.33.